The van der Waals surface area contributed by atoms with E-state index in [1.165, 1.54) is 11.1 Å². The van der Waals surface area contributed by atoms with E-state index < -0.39 is 24.1 Å². The van der Waals surface area contributed by atoms with Gasteiger partial charge >= 0.3 is 6.09 Å². The van der Waals surface area contributed by atoms with Crippen molar-refractivity contribution in [2.24, 2.45) is 23.0 Å². The van der Waals surface area contributed by atoms with E-state index in [4.69, 9.17) is 10.5 Å². The SMILES string of the molecule is CCCC(=O)NC(Cc1ccccc1)C(=O)NC(CCCCN)C(=O)NCCNC(=O)OC1CCC2C3CCc4cc(O)ccc4C3CCC12C. The number of phenolic OH excluding ortho intramolecular Hbond substituents is 1. The Morgan fingerprint density at radius 1 is 0.941 bits per heavy atom. The number of ether oxygens (including phenoxy) is 1. The predicted molar refractivity (Wildman–Crippen MR) is 196 cm³/mol. The lowest BCUT2D eigenvalue weighted by atomic mass is 9.55. The van der Waals surface area contributed by atoms with E-state index in [2.05, 4.69) is 34.3 Å². The molecule has 278 valence electrons. The van der Waals surface area contributed by atoms with Crippen molar-refractivity contribution in [2.45, 2.75) is 115 Å². The zero-order valence-electron chi connectivity index (χ0n) is 30.3. The van der Waals surface area contributed by atoms with Crippen LogP contribution in [0, 0.1) is 17.3 Å². The van der Waals surface area contributed by atoms with Gasteiger partial charge in [0.05, 0.1) is 0 Å². The Kier molecular flexibility index (Phi) is 13.4. The minimum absolute atomic E-state index is 0.0789. The van der Waals surface area contributed by atoms with Gasteiger partial charge in [-0.1, -0.05) is 50.2 Å². The molecule has 0 aromatic heterocycles. The zero-order chi connectivity index (χ0) is 36.4. The molecular weight excluding hydrogens is 646 g/mol. The van der Waals surface area contributed by atoms with Crippen molar-refractivity contribution in [3.63, 3.8) is 0 Å². The fourth-order valence-corrected chi connectivity index (χ4v) is 8.95. The van der Waals surface area contributed by atoms with Crippen molar-refractivity contribution in [3.8, 4) is 5.75 Å². The highest BCUT2D eigenvalue weighted by Gasteiger charge is 2.56. The Bertz CT molecular complexity index is 1500. The second-order valence-corrected chi connectivity index (χ2v) is 14.9. The van der Waals surface area contributed by atoms with E-state index in [1.54, 1.807) is 6.07 Å². The number of nitrogens with one attached hydrogen (secondary N) is 4. The van der Waals surface area contributed by atoms with Crippen LogP contribution in [0.5, 0.6) is 5.75 Å². The fourth-order valence-electron chi connectivity index (χ4n) is 8.95. The Morgan fingerprint density at radius 3 is 2.49 bits per heavy atom. The lowest BCUT2D eigenvalue weighted by Gasteiger charge is -2.50. The van der Waals surface area contributed by atoms with Crippen LogP contribution in [0.25, 0.3) is 0 Å². The average molecular weight is 704 g/mol. The summed E-state index contributed by atoms with van der Waals surface area (Å²) >= 11 is 0. The molecule has 0 aliphatic heterocycles. The first-order valence-corrected chi connectivity index (χ1v) is 19.0. The average Bonchev–Trinajstić information content (AvgIpc) is 3.45. The van der Waals surface area contributed by atoms with Gasteiger partial charge in [0.15, 0.2) is 0 Å². The van der Waals surface area contributed by atoms with E-state index >= 15 is 0 Å². The highest BCUT2D eigenvalue weighted by Crippen LogP contribution is 2.61. The predicted octanol–water partition coefficient (Wildman–Crippen LogP) is 4.60. The lowest BCUT2D eigenvalue weighted by molar-refractivity contribution is -0.132. The van der Waals surface area contributed by atoms with Crippen LogP contribution in [0.2, 0.25) is 0 Å². The summed E-state index contributed by atoms with van der Waals surface area (Å²) in [6.07, 6.45) is 8.31. The summed E-state index contributed by atoms with van der Waals surface area (Å²) < 4.78 is 6.05. The van der Waals surface area contributed by atoms with Gasteiger partial charge in [-0.25, -0.2) is 4.79 Å². The van der Waals surface area contributed by atoms with Crippen molar-refractivity contribution in [2.75, 3.05) is 19.6 Å². The van der Waals surface area contributed by atoms with Crippen LogP contribution in [0.1, 0.15) is 101 Å². The van der Waals surface area contributed by atoms with E-state index in [-0.39, 0.29) is 36.4 Å². The molecule has 0 bridgehead atoms. The van der Waals surface area contributed by atoms with Crippen LogP contribution in [-0.2, 0) is 32.0 Å². The molecule has 11 nitrogen and oxygen atoms in total. The first-order chi connectivity index (χ1) is 24.6. The number of unbranched alkanes of at least 4 members (excludes halogenated alkanes) is 1. The second kappa shape index (κ2) is 17.9. The second-order valence-electron chi connectivity index (χ2n) is 14.9. The molecule has 7 N–H and O–H groups in total. The Morgan fingerprint density at radius 2 is 1.73 bits per heavy atom. The number of carbonyl (C=O) groups is 4. The van der Waals surface area contributed by atoms with Crippen LogP contribution in [0.3, 0.4) is 0 Å². The number of carbonyl (C=O) groups excluding carboxylic acids is 4. The topological polar surface area (TPSA) is 172 Å². The summed E-state index contributed by atoms with van der Waals surface area (Å²) in [6.45, 7) is 5.00. The summed E-state index contributed by atoms with van der Waals surface area (Å²) in [5, 5.41) is 21.4. The Labute approximate surface area is 302 Å². The number of aromatic hydroxyl groups is 1. The number of nitrogens with two attached hydrogens (primary N) is 1. The number of benzene rings is 2. The molecule has 0 saturated heterocycles. The van der Waals surface area contributed by atoms with Gasteiger partial charge in [-0.15, -0.1) is 0 Å². The van der Waals surface area contributed by atoms with Crippen molar-refractivity contribution >= 4 is 23.8 Å². The highest BCUT2D eigenvalue weighted by molar-refractivity contribution is 5.92. The third-order valence-corrected chi connectivity index (χ3v) is 11.6. The third-order valence-electron chi connectivity index (χ3n) is 11.6. The summed E-state index contributed by atoms with van der Waals surface area (Å²) in [6, 6.07) is 13.6. The molecule has 11 heteroatoms. The molecule has 7 atom stereocenters. The molecule has 3 aliphatic rings. The van der Waals surface area contributed by atoms with Crippen molar-refractivity contribution < 1.29 is 29.0 Å². The van der Waals surface area contributed by atoms with E-state index in [0.29, 0.717) is 68.6 Å². The molecule has 5 rings (SSSR count). The molecule has 2 aromatic carbocycles. The number of hydrogen-bond donors (Lipinski definition) is 6. The van der Waals surface area contributed by atoms with Crippen molar-refractivity contribution in [1.82, 2.24) is 21.3 Å². The smallest absolute Gasteiger partial charge is 0.407 e. The van der Waals surface area contributed by atoms with Gasteiger partial charge in [0.1, 0.15) is 23.9 Å². The largest absolute Gasteiger partial charge is 0.508 e. The molecule has 0 spiro atoms. The number of rotatable bonds is 16. The van der Waals surface area contributed by atoms with Gasteiger partial charge < -0.3 is 36.8 Å². The molecular formula is C40H57N5O6. The number of fused-ring (bicyclic) bond motifs is 5. The Balaban J connectivity index is 1.10. The number of aryl methyl sites for hydroxylation is 1. The third kappa shape index (κ3) is 9.61. The molecule has 2 fully saturated rings. The number of phenols is 1. The summed E-state index contributed by atoms with van der Waals surface area (Å²) in [5.41, 5.74) is 9.16. The van der Waals surface area contributed by atoms with Crippen LogP contribution in [0.15, 0.2) is 48.5 Å². The maximum absolute atomic E-state index is 13.5. The first-order valence-electron chi connectivity index (χ1n) is 19.0. The van der Waals surface area contributed by atoms with Crippen LogP contribution < -0.4 is 27.0 Å². The minimum atomic E-state index is -0.830. The molecule has 4 amide bonds. The normalized spacial score (nSPS) is 24.5. The first kappa shape index (κ1) is 38.1. The molecule has 3 aliphatic carbocycles. The highest BCUT2D eigenvalue weighted by atomic mass is 16.6. The van der Waals surface area contributed by atoms with Crippen LogP contribution >= 0.6 is 0 Å². The van der Waals surface area contributed by atoms with Crippen LogP contribution in [0.4, 0.5) is 4.79 Å². The summed E-state index contributed by atoms with van der Waals surface area (Å²) in [7, 11) is 0. The molecule has 7 unspecified atom stereocenters. The van der Waals surface area contributed by atoms with Gasteiger partial charge in [-0.05, 0) is 117 Å². The molecule has 0 radical (unpaired) electrons. The zero-order valence-corrected chi connectivity index (χ0v) is 30.3. The van der Waals surface area contributed by atoms with E-state index in [1.807, 2.05) is 43.3 Å². The molecule has 2 aromatic rings. The molecule has 0 heterocycles. The fraction of sp³-hybridized carbons (Fsp3) is 0.600. The van der Waals surface area contributed by atoms with E-state index in [0.717, 1.165) is 44.1 Å². The summed E-state index contributed by atoms with van der Waals surface area (Å²) in [4.78, 5) is 52.2. The number of alkyl carbamates (subject to hydrolysis) is 1. The van der Waals surface area contributed by atoms with Crippen molar-refractivity contribution in [1.29, 1.82) is 0 Å². The maximum atomic E-state index is 13.5. The van der Waals surface area contributed by atoms with E-state index in [9.17, 15) is 24.3 Å². The number of hydrogen-bond acceptors (Lipinski definition) is 7. The quantitative estimate of drug-likeness (QED) is 0.139. The van der Waals surface area contributed by atoms with Gasteiger partial charge in [-0.2, -0.15) is 0 Å². The van der Waals surface area contributed by atoms with Crippen LogP contribution in [-0.4, -0.2) is 66.7 Å². The number of amides is 4. The van der Waals surface area contributed by atoms with Crippen molar-refractivity contribution in [3.05, 3.63) is 65.2 Å². The maximum Gasteiger partial charge on any atom is 0.407 e. The standard InChI is InChI=1S/C40H57N5O6/c1-3-9-36(47)44-34(24-26-10-5-4-6-11-26)38(49)45-33(12-7-8-21-41)37(48)42-22-23-43-39(50)51-35-18-17-32-31-15-13-27-25-28(46)14-16-29(27)30(31)19-20-40(32,35)2/h4-6,10-11,14,16,25,30-35,46H,3,7-9,12-13,15,17-24,41H2,1-2H3,(H,42,48)(H,43,50)(H,44,47)(H,45,49). The molecule has 51 heavy (non-hydrogen) atoms. The molecule has 2 saturated carbocycles. The minimum Gasteiger partial charge on any atom is -0.508 e. The monoisotopic (exact) mass is 703 g/mol. The Hall–Kier alpha value is -4.12. The lowest BCUT2D eigenvalue weighted by Crippen LogP contribution is -2.54. The van der Waals surface area contributed by atoms with Gasteiger partial charge in [0.2, 0.25) is 17.7 Å². The van der Waals surface area contributed by atoms with Gasteiger partial charge in [-0.3, -0.25) is 14.4 Å². The summed E-state index contributed by atoms with van der Waals surface area (Å²) in [5.74, 6) is 0.849. The van der Waals surface area contributed by atoms with Gasteiger partial charge in [0.25, 0.3) is 0 Å². The van der Waals surface area contributed by atoms with Gasteiger partial charge in [0, 0.05) is 31.3 Å².